The topological polar surface area (TPSA) is 21.6 Å². The summed E-state index contributed by atoms with van der Waals surface area (Å²) in [6, 6.07) is 10.4. The molecule has 2 heteroatoms. The van der Waals surface area contributed by atoms with Crippen molar-refractivity contribution in [1.29, 1.82) is 0 Å². The van der Waals surface area contributed by atoms with Crippen LogP contribution in [0.4, 0.5) is 0 Å². The molecule has 1 aromatic rings. The minimum atomic E-state index is -0.207. The largest absolute Gasteiger partial charge is 0.475 e. The number of ether oxygens (including phenoxy) is 1. The quantitative estimate of drug-likeness (QED) is 0.642. The Bertz CT molecular complexity index is 316. The van der Waals surface area contributed by atoms with Crippen LogP contribution < -0.4 is 0 Å². The third-order valence-electron chi connectivity index (χ3n) is 2.34. The molecule has 0 saturated heterocycles. The van der Waals surface area contributed by atoms with Crippen molar-refractivity contribution < 1.29 is 4.74 Å². The van der Waals surface area contributed by atoms with Crippen molar-refractivity contribution in [2.75, 3.05) is 0 Å². The molecule has 2 nitrogen and oxygen atoms in total. The molecular formula is C11H13NO. The number of nitrogens with zero attached hydrogens (tertiary/aromatic N) is 1. The molecule has 68 valence electrons. The van der Waals surface area contributed by atoms with E-state index in [1.165, 1.54) is 5.56 Å². The van der Waals surface area contributed by atoms with Gasteiger partial charge < -0.3 is 4.74 Å². The molecule has 0 spiro atoms. The fourth-order valence-electron chi connectivity index (χ4n) is 1.59. The molecule has 0 fully saturated rings. The van der Waals surface area contributed by atoms with Crippen LogP contribution in [0.2, 0.25) is 0 Å². The summed E-state index contributed by atoms with van der Waals surface area (Å²) in [6.45, 7) is 4.11. The van der Waals surface area contributed by atoms with Gasteiger partial charge in [0.2, 0.25) is 0 Å². The molecule has 1 unspecified atom stereocenters. The SMILES string of the molecule is CC1(C)OC=NC1c1ccccc1. The predicted octanol–water partition coefficient (Wildman–Crippen LogP) is 2.56. The predicted molar refractivity (Wildman–Crippen MR) is 52.8 cm³/mol. The van der Waals surface area contributed by atoms with E-state index >= 15 is 0 Å². The molecular weight excluding hydrogens is 162 g/mol. The van der Waals surface area contributed by atoms with Crippen LogP contribution in [0.15, 0.2) is 35.3 Å². The molecule has 1 aliphatic heterocycles. The van der Waals surface area contributed by atoms with Gasteiger partial charge in [-0.25, -0.2) is 4.99 Å². The van der Waals surface area contributed by atoms with E-state index in [-0.39, 0.29) is 11.6 Å². The molecule has 0 aliphatic carbocycles. The van der Waals surface area contributed by atoms with Gasteiger partial charge in [0.25, 0.3) is 0 Å². The molecule has 0 aromatic heterocycles. The summed E-state index contributed by atoms with van der Waals surface area (Å²) in [4.78, 5) is 4.31. The van der Waals surface area contributed by atoms with E-state index in [4.69, 9.17) is 4.74 Å². The monoisotopic (exact) mass is 175 g/mol. The zero-order valence-electron chi connectivity index (χ0n) is 7.90. The van der Waals surface area contributed by atoms with E-state index in [0.717, 1.165) is 0 Å². The van der Waals surface area contributed by atoms with Crippen molar-refractivity contribution in [3.8, 4) is 0 Å². The van der Waals surface area contributed by atoms with Crippen LogP contribution in [0.3, 0.4) is 0 Å². The maximum Gasteiger partial charge on any atom is 0.171 e. The van der Waals surface area contributed by atoms with Gasteiger partial charge in [0, 0.05) is 0 Å². The highest BCUT2D eigenvalue weighted by molar-refractivity contribution is 5.52. The number of benzene rings is 1. The maximum absolute atomic E-state index is 5.42. The van der Waals surface area contributed by atoms with E-state index < -0.39 is 0 Å². The van der Waals surface area contributed by atoms with Crippen LogP contribution in [0, 0.1) is 0 Å². The van der Waals surface area contributed by atoms with Crippen molar-refractivity contribution in [2.24, 2.45) is 4.99 Å². The summed E-state index contributed by atoms with van der Waals surface area (Å²) in [5.74, 6) is 0. The number of rotatable bonds is 1. The van der Waals surface area contributed by atoms with Crippen molar-refractivity contribution in [3.63, 3.8) is 0 Å². The maximum atomic E-state index is 5.42. The molecule has 1 aliphatic rings. The molecule has 1 atom stereocenters. The number of hydrogen-bond donors (Lipinski definition) is 0. The molecule has 0 saturated carbocycles. The minimum Gasteiger partial charge on any atom is -0.475 e. The van der Waals surface area contributed by atoms with E-state index in [0.29, 0.717) is 0 Å². The molecule has 1 heterocycles. The van der Waals surface area contributed by atoms with Gasteiger partial charge in [-0.2, -0.15) is 0 Å². The average Bonchev–Trinajstić information content (AvgIpc) is 2.47. The first-order chi connectivity index (χ1) is 6.20. The summed E-state index contributed by atoms with van der Waals surface area (Å²) in [6.07, 6.45) is 1.55. The molecule has 0 amide bonds. The smallest absolute Gasteiger partial charge is 0.171 e. The summed E-state index contributed by atoms with van der Waals surface area (Å²) < 4.78 is 5.42. The van der Waals surface area contributed by atoms with Crippen LogP contribution in [0.5, 0.6) is 0 Å². The summed E-state index contributed by atoms with van der Waals surface area (Å²) in [7, 11) is 0. The van der Waals surface area contributed by atoms with Gasteiger partial charge in [-0.1, -0.05) is 30.3 Å². The van der Waals surface area contributed by atoms with Crippen LogP contribution >= 0.6 is 0 Å². The average molecular weight is 175 g/mol. The van der Waals surface area contributed by atoms with Crippen molar-refractivity contribution in [1.82, 2.24) is 0 Å². The minimum absolute atomic E-state index is 0.133. The van der Waals surface area contributed by atoms with Gasteiger partial charge >= 0.3 is 0 Å². The molecule has 13 heavy (non-hydrogen) atoms. The molecule has 1 aromatic carbocycles. The van der Waals surface area contributed by atoms with Crippen molar-refractivity contribution in [2.45, 2.75) is 25.5 Å². The molecule has 0 N–H and O–H groups in total. The van der Waals surface area contributed by atoms with E-state index in [9.17, 15) is 0 Å². The first-order valence-corrected chi connectivity index (χ1v) is 4.44. The van der Waals surface area contributed by atoms with Gasteiger partial charge in [0.1, 0.15) is 11.6 Å². The lowest BCUT2D eigenvalue weighted by molar-refractivity contribution is 0.103. The lowest BCUT2D eigenvalue weighted by atomic mass is 9.93. The lowest BCUT2D eigenvalue weighted by Crippen LogP contribution is -2.26. The van der Waals surface area contributed by atoms with Crippen LogP contribution in [0.25, 0.3) is 0 Å². The summed E-state index contributed by atoms with van der Waals surface area (Å²) >= 11 is 0. The van der Waals surface area contributed by atoms with Gasteiger partial charge in [-0.15, -0.1) is 0 Å². The lowest BCUT2D eigenvalue weighted by Gasteiger charge is -2.24. The van der Waals surface area contributed by atoms with E-state index in [1.54, 1.807) is 6.40 Å². The Morgan fingerprint density at radius 1 is 1.23 bits per heavy atom. The Kier molecular flexibility index (Phi) is 1.83. The van der Waals surface area contributed by atoms with Gasteiger partial charge in [0.05, 0.1) is 0 Å². The Labute approximate surface area is 78.3 Å². The third-order valence-corrected chi connectivity index (χ3v) is 2.34. The first kappa shape index (κ1) is 8.30. The highest BCUT2D eigenvalue weighted by Crippen LogP contribution is 2.35. The number of hydrogen-bond acceptors (Lipinski definition) is 2. The highest BCUT2D eigenvalue weighted by atomic mass is 16.5. The van der Waals surface area contributed by atoms with Gasteiger partial charge in [-0.05, 0) is 19.4 Å². The molecule has 0 radical (unpaired) electrons. The second kappa shape index (κ2) is 2.87. The standard InChI is InChI=1S/C11H13NO/c1-11(2)10(12-8-13-11)9-6-4-3-5-7-9/h3-8,10H,1-2H3. The highest BCUT2D eigenvalue weighted by Gasteiger charge is 2.35. The number of aliphatic imine (C=N–C) groups is 1. The summed E-state index contributed by atoms with van der Waals surface area (Å²) in [5, 5.41) is 0. The Balaban J connectivity index is 2.32. The van der Waals surface area contributed by atoms with Crippen molar-refractivity contribution >= 4 is 6.40 Å². The second-order valence-corrected chi connectivity index (χ2v) is 3.79. The van der Waals surface area contributed by atoms with E-state index in [2.05, 4.69) is 31.0 Å². The van der Waals surface area contributed by atoms with E-state index in [1.807, 2.05) is 18.2 Å². The Hall–Kier alpha value is -1.31. The van der Waals surface area contributed by atoms with Crippen LogP contribution in [-0.4, -0.2) is 12.0 Å². The zero-order valence-corrected chi connectivity index (χ0v) is 7.90. The fourth-order valence-corrected chi connectivity index (χ4v) is 1.59. The third kappa shape index (κ3) is 1.44. The van der Waals surface area contributed by atoms with Gasteiger partial charge in [-0.3, -0.25) is 0 Å². The van der Waals surface area contributed by atoms with Gasteiger partial charge in [0.15, 0.2) is 6.40 Å². The zero-order chi connectivity index (χ0) is 9.31. The fraction of sp³-hybridized carbons (Fsp3) is 0.364. The molecule has 0 bridgehead atoms. The Morgan fingerprint density at radius 2 is 1.92 bits per heavy atom. The second-order valence-electron chi connectivity index (χ2n) is 3.79. The summed E-state index contributed by atoms with van der Waals surface area (Å²) in [5.41, 5.74) is 1.00. The normalized spacial score (nSPS) is 24.3. The Morgan fingerprint density at radius 3 is 2.46 bits per heavy atom. The van der Waals surface area contributed by atoms with Crippen LogP contribution in [0.1, 0.15) is 25.5 Å². The molecule has 2 rings (SSSR count). The van der Waals surface area contributed by atoms with Crippen LogP contribution in [-0.2, 0) is 4.74 Å². The van der Waals surface area contributed by atoms with Crippen molar-refractivity contribution in [3.05, 3.63) is 35.9 Å². The first-order valence-electron chi connectivity index (χ1n) is 4.44.